The van der Waals surface area contributed by atoms with Gasteiger partial charge < -0.3 is 4.90 Å². The van der Waals surface area contributed by atoms with Crippen molar-refractivity contribution in [1.82, 2.24) is 0 Å². The first-order valence-electron chi connectivity index (χ1n) is 7.83. The largest absolute Gasteiger partial charge is 0.309 e. The van der Waals surface area contributed by atoms with E-state index in [9.17, 15) is 4.79 Å². The van der Waals surface area contributed by atoms with Gasteiger partial charge >= 0.3 is 0 Å². The van der Waals surface area contributed by atoms with Gasteiger partial charge in [0.05, 0.1) is 0 Å². The molecule has 3 aliphatic rings. The number of carbonyl (C=O) groups excluding carboxylic acids is 1. The number of anilines is 1. The number of nitrogens with zero attached hydrogens (tertiary/aromatic N) is 1. The molecule has 2 aromatic carbocycles. The van der Waals surface area contributed by atoms with Crippen LogP contribution in [-0.2, 0) is 11.2 Å². The van der Waals surface area contributed by atoms with Crippen molar-refractivity contribution in [3.63, 3.8) is 0 Å². The first kappa shape index (κ1) is 11.6. The molecule has 0 aromatic heterocycles. The second kappa shape index (κ2) is 3.97. The van der Waals surface area contributed by atoms with Crippen LogP contribution in [0.1, 0.15) is 35.4 Å². The summed E-state index contributed by atoms with van der Waals surface area (Å²) in [6, 6.07) is 17.7. The lowest BCUT2D eigenvalue weighted by Gasteiger charge is -2.40. The molecule has 0 N–H and O–H groups in total. The van der Waals surface area contributed by atoms with Crippen molar-refractivity contribution in [3.8, 4) is 0 Å². The first-order chi connectivity index (χ1) is 10.3. The zero-order valence-electron chi connectivity index (χ0n) is 11.8. The maximum absolute atomic E-state index is 12.4. The average Bonchev–Trinajstić information content (AvgIpc) is 3.09. The quantitative estimate of drug-likeness (QED) is 0.720. The van der Waals surface area contributed by atoms with E-state index in [2.05, 4.69) is 53.4 Å². The predicted octanol–water partition coefficient (Wildman–Crippen LogP) is 3.50. The highest BCUT2D eigenvalue weighted by Gasteiger charge is 2.49. The van der Waals surface area contributed by atoms with Gasteiger partial charge in [0, 0.05) is 24.1 Å². The summed E-state index contributed by atoms with van der Waals surface area (Å²) in [5, 5.41) is 0. The third-order valence-electron chi connectivity index (χ3n) is 5.55. The highest BCUT2D eigenvalue weighted by Crippen LogP contribution is 2.54. The van der Waals surface area contributed by atoms with Gasteiger partial charge in [-0.25, -0.2) is 0 Å². The number of benzene rings is 2. The standard InChI is InChI=1S/C19H17NO/c21-18-10-9-17-15-11-12-5-1-2-6-13(12)19(15)14-7-3-4-8-16(14)20(17)18/h1-8,15,17,19H,9-11H2/t15-,17+,19+/m1/s1. The molecular weight excluding hydrogens is 258 g/mol. The van der Waals surface area contributed by atoms with Crippen molar-refractivity contribution in [1.29, 1.82) is 0 Å². The van der Waals surface area contributed by atoms with Crippen LogP contribution in [0.4, 0.5) is 5.69 Å². The molecule has 0 radical (unpaired) electrons. The van der Waals surface area contributed by atoms with E-state index in [1.54, 1.807) is 0 Å². The van der Waals surface area contributed by atoms with Crippen LogP contribution < -0.4 is 4.90 Å². The Labute approximate surface area is 124 Å². The summed E-state index contributed by atoms with van der Waals surface area (Å²) in [5.74, 6) is 1.34. The van der Waals surface area contributed by atoms with E-state index in [1.807, 2.05) is 0 Å². The number of carbonyl (C=O) groups is 1. The van der Waals surface area contributed by atoms with E-state index in [-0.39, 0.29) is 0 Å². The van der Waals surface area contributed by atoms with Crippen molar-refractivity contribution < 1.29 is 4.79 Å². The molecule has 5 rings (SSSR count). The maximum atomic E-state index is 12.4. The van der Waals surface area contributed by atoms with Crippen molar-refractivity contribution in [2.24, 2.45) is 5.92 Å². The molecule has 1 aliphatic carbocycles. The smallest absolute Gasteiger partial charge is 0.227 e. The van der Waals surface area contributed by atoms with Gasteiger partial charge in [0.15, 0.2) is 0 Å². The minimum Gasteiger partial charge on any atom is -0.309 e. The Balaban J connectivity index is 1.77. The van der Waals surface area contributed by atoms with Crippen molar-refractivity contribution in [2.45, 2.75) is 31.2 Å². The molecule has 2 heterocycles. The summed E-state index contributed by atoms with van der Waals surface area (Å²) in [6.45, 7) is 0. The lowest BCUT2D eigenvalue weighted by Crippen LogP contribution is -2.44. The zero-order chi connectivity index (χ0) is 14.0. The molecule has 0 saturated carbocycles. The molecular formula is C19H17NO. The molecule has 21 heavy (non-hydrogen) atoms. The normalized spacial score (nSPS) is 28.9. The molecule has 0 bridgehead atoms. The van der Waals surface area contributed by atoms with Crippen LogP contribution >= 0.6 is 0 Å². The van der Waals surface area contributed by atoms with E-state index >= 15 is 0 Å². The fourth-order valence-electron chi connectivity index (χ4n) is 4.78. The van der Waals surface area contributed by atoms with Gasteiger partial charge in [0.1, 0.15) is 0 Å². The summed E-state index contributed by atoms with van der Waals surface area (Å²) < 4.78 is 0. The molecule has 2 aromatic rings. The van der Waals surface area contributed by atoms with Crippen molar-refractivity contribution in [3.05, 3.63) is 65.2 Å². The number of hydrogen-bond donors (Lipinski definition) is 0. The SMILES string of the molecule is O=C1CC[C@H]2[C@H]3Cc4ccccc4[C@H]3c3ccccc3N12. The second-order valence-electron chi connectivity index (χ2n) is 6.47. The van der Waals surface area contributed by atoms with Crippen molar-refractivity contribution in [2.75, 3.05) is 4.90 Å². The Morgan fingerprint density at radius 3 is 2.62 bits per heavy atom. The molecule has 3 atom stereocenters. The Hall–Kier alpha value is -2.09. The summed E-state index contributed by atoms with van der Waals surface area (Å²) in [6.07, 6.45) is 2.84. The van der Waals surface area contributed by atoms with E-state index in [1.165, 1.54) is 16.7 Å². The second-order valence-corrected chi connectivity index (χ2v) is 6.47. The number of fused-ring (bicyclic) bond motifs is 8. The molecule has 2 aliphatic heterocycles. The van der Waals surface area contributed by atoms with Gasteiger partial charge in [0.2, 0.25) is 5.91 Å². The van der Waals surface area contributed by atoms with E-state index in [0.717, 1.165) is 18.5 Å². The van der Waals surface area contributed by atoms with Crippen LogP contribution in [0.3, 0.4) is 0 Å². The molecule has 1 saturated heterocycles. The highest BCUT2D eigenvalue weighted by atomic mass is 16.2. The third kappa shape index (κ3) is 1.40. The van der Waals surface area contributed by atoms with Gasteiger partial charge in [0.25, 0.3) is 0 Å². The van der Waals surface area contributed by atoms with Gasteiger partial charge in [-0.2, -0.15) is 0 Å². The third-order valence-corrected chi connectivity index (χ3v) is 5.55. The fraction of sp³-hybridized carbons (Fsp3) is 0.316. The van der Waals surface area contributed by atoms with Crippen LogP contribution in [-0.4, -0.2) is 11.9 Å². The van der Waals surface area contributed by atoms with Crippen molar-refractivity contribution >= 4 is 11.6 Å². The predicted molar refractivity (Wildman–Crippen MR) is 82.4 cm³/mol. The molecule has 2 heteroatoms. The van der Waals surface area contributed by atoms with Crippen LogP contribution in [0.15, 0.2) is 48.5 Å². The minimum absolute atomic E-state index is 0.307. The van der Waals surface area contributed by atoms with Gasteiger partial charge in [-0.3, -0.25) is 4.79 Å². The molecule has 0 spiro atoms. The van der Waals surface area contributed by atoms with E-state index in [4.69, 9.17) is 0 Å². The van der Waals surface area contributed by atoms with E-state index in [0.29, 0.717) is 30.2 Å². The van der Waals surface area contributed by atoms with Crippen LogP contribution in [0.25, 0.3) is 0 Å². The topological polar surface area (TPSA) is 20.3 Å². The van der Waals surface area contributed by atoms with Crippen LogP contribution in [0, 0.1) is 5.92 Å². The summed E-state index contributed by atoms with van der Waals surface area (Å²) in [4.78, 5) is 14.5. The summed E-state index contributed by atoms with van der Waals surface area (Å²) >= 11 is 0. The first-order valence-corrected chi connectivity index (χ1v) is 7.83. The molecule has 2 nitrogen and oxygen atoms in total. The molecule has 1 amide bonds. The Bertz CT molecular complexity index is 751. The zero-order valence-corrected chi connectivity index (χ0v) is 11.8. The van der Waals surface area contributed by atoms with Gasteiger partial charge in [-0.15, -0.1) is 0 Å². The Morgan fingerprint density at radius 2 is 1.71 bits per heavy atom. The van der Waals surface area contributed by atoms with Crippen LogP contribution in [0.5, 0.6) is 0 Å². The number of rotatable bonds is 0. The van der Waals surface area contributed by atoms with E-state index < -0.39 is 0 Å². The summed E-state index contributed by atoms with van der Waals surface area (Å²) in [7, 11) is 0. The Kier molecular flexibility index (Phi) is 2.19. The fourth-order valence-corrected chi connectivity index (χ4v) is 4.78. The number of amides is 1. The Morgan fingerprint density at radius 1 is 0.952 bits per heavy atom. The summed E-state index contributed by atoms with van der Waals surface area (Å²) in [5.41, 5.74) is 5.46. The van der Waals surface area contributed by atoms with Gasteiger partial charge in [-0.1, -0.05) is 42.5 Å². The average molecular weight is 275 g/mol. The molecule has 0 unspecified atom stereocenters. The lowest BCUT2D eigenvalue weighted by molar-refractivity contribution is -0.117. The van der Waals surface area contributed by atoms with Gasteiger partial charge in [-0.05, 0) is 41.5 Å². The lowest BCUT2D eigenvalue weighted by atomic mass is 9.77. The highest BCUT2D eigenvalue weighted by molar-refractivity contribution is 5.98. The monoisotopic (exact) mass is 275 g/mol. The van der Waals surface area contributed by atoms with Crippen LogP contribution in [0.2, 0.25) is 0 Å². The maximum Gasteiger partial charge on any atom is 0.227 e. The molecule has 104 valence electrons. The number of para-hydroxylation sites is 1. The number of hydrogen-bond acceptors (Lipinski definition) is 1. The minimum atomic E-state index is 0.307. The molecule has 1 fully saturated rings.